The maximum Gasteiger partial charge on any atom is 0.251 e. The van der Waals surface area contributed by atoms with Crippen molar-refractivity contribution in [3.8, 4) is 0 Å². The highest BCUT2D eigenvalue weighted by molar-refractivity contribution is 6.01. The first-order valence-corrected chi connectivity index (χ1v) is 9.12. The monoisotopic (exact) mass is 361 g/mol. The van der Waals surface area contributed by atoms with Gasteiger partial charge in [-0.15, -0.1) is 0 Å². The highest BCUT2D eigenvalue weighted by atomic mass is 16.6. The summed E-state index contributed by atoms with van der Waals surface area (Å²) in [5, 5.41) is 5.37. The number of oxime groups is 1. The molecule has 1 aliphatic rings. The second-order valence-electron chi connectivity index (χ2n) is 7.20. The first kappa shape index (κ1) is 17.3. The molecule has 0 saturated heterocycles. The van der Waals surface area contributed by atoms with E-state index in [1.54, 1.807) is 10.6 Å². The number of nitrogens with zero attached hydrogens (tertiary/aromatic N) is 3. The van der Waals surface area contributed by atoms with E-state index in [9.17, 15) is 4.79 Å². The fourth-order valence-corrected chi connectivity index (χ4v) is 3.54. The normalized spacial score (nSPS) is 16.3. The molecule has 1 atom stereocenters. The minimum absolute atomic E-state index is 0.00131. The first-order valence-electron chi connectivity index (χ1n) is 9.12. The van der Waals surface area contributed by atoms with E-state index in [-0.39, 0.29) is 11.7 Å². The average molecular weight is 361 g/mol. The second-order valence-corrected chi connectivity index (χ2v) is 7.20. The van der Waals surface area contributed by atoms with Crippen LogP contribution in [0.2, 0.25) is 0 Å². The van der Waals surface area contributed by atoms with Crippen molar-refractivity contribution in [3.05, 3.63) is 76.1 Å². The molecule has 0 amide bonds. The van der Waals surface area contributed by atoms with E-state index < -0.39 is 0 Å². The maximum atomic E-state index is 12.6. The van der Waals surface area contributed by atoms with Gasteiger partial charge in [0.05, 0.1) is 17.8 Å². The number of aromatic nitrogens is 1. The highest BCUT2D eigenvalue weighted by Crippen LogP contribution is 2.22. The van der Waals surface area contributed by atoms with Crippen molar-refractivity contribution in [1.82, 2.24) is 4.57 Å². The Morgan fingerprint density at radius 3 is 2.63 bits per heavy atom. The van der Waals surface area contributed by atoms with E-state index in [2.05, 4.69) is 34.3 Å². The molecular formula is C22H23N3O2. The molecule has 0 saturated carbocycles. The molecule has 4 rings (SSSR count). The first-order chi connectivity index (χ1) is 13.0. The van der Waals surface area contributed by atoms with Gasteiger partial charge in [-0.1, -0.05) is 35.5 Å². The summed E-state index contributed by atoms with van der Waals surface area (Å²) in [5.41, 5.74) is 5.07. The number of benzene rings is 2. The van der Waals surface area contributed by atoms with Crippen LogP contribution in [0.25, 0.3) is 10.9 Å². The molecule has 138 valence electrons. The van der Waals surface area contributed by atoms with Gasteiger partial charge < -0.3 is 14.3 Å². The molecule has 3 aromatic rings. The molecule has 27 heavy (non-hydrogen) atoms. The summed E-state index contributed by atoms with van der Waals surface area (Å²) in [6, 6.07) is 18.0. The lowest BCUT2D eigenvalue weighted by molar-refractivity contribution is 0.0727. The Kier molecular flexibility index (Phi) is 4.44. The van der Waals surface area contributed by atoms with Gasteiger partial charge in [-0.25, -0.2) is 0 Å². The number of hydrogen-bond donors (Lipinski definition) is 0. The summed E-state index contributed by atoms with van der Waals surface area (Å²) in [6.45, 7) is 2.46. The second kappa shape index (κ2) is 6.91. The third-order valence-corrected chi connectivity index (χ3v) is 5.06. The van der Waals surface area contributed by atoms with Crippen LogP contribution >= 0.6 is 0 Å². The molecule has 0 spiro atoms. The van der Waals surface area contributed by atoms with Crippen LogP contribution < -0.4 is 10.5 Å². The molecule has 0 fully saturated rings. The zero-order chi connectivity index (χ0) is 19.0. The molecule has 0 N–H and O–H groups in total. The molecular weight excluding hydrogens is 338 g/mol. The summed E-state index contributed by atoms with van der Waals surface area (Å²) >= 11 is 0. The van der Waals surface area contributed by atoms with E-state index in [1.165, 1.54) is 0 Å². The molecule has 1 aliphatic heterocycles. The third-order valence-electron chi connectivity index (χ3n) is 5.06. The van der Waals surface area contributed by atoms with Crippen molar-refractivity contribution in [2.75, 3.05) is 19.0 Å². The van der Waals surface area contributed by atoms with Crippen LogP contribution in [-0.4, -0.2) is 30.5 Å². The number of rotatable bonds is 4. The highest BCUT2D eigenvalue weighted by Gasteiger charge is 2.23. The Morgan fingerprint density at radius 2 is 1.89 bits per heavy atom. The van der Waals surface area contributed by atoms with Crippen molar-refractivity contribution in [2.45, 2.75) is 26.0 Å². The third kappa shape index (κ3) is 3.33. The molecule has 5 nitrogen and oxygen atoms in total. The number of pyridine rings is 1. The molecule has 2 heterocycles. The van der Waals surface area contributed by atoms with Crippen molar-refractivity contribution < 1.29 is 4.84 Å². The van der Waals surface area contributed by atoms with E-state index in [0.717, 1.165) is 33.4 Å². The van der Waals surface area contributed by atoms with Gasteiger partial charge in [-0.3, -0.25) is 4.79 Å². The predicted molar refractivity (Wildman–Crippen MR) is 110 cm³/mol. The fraction of sp³-hybridized carbons (Fsp3) is 0.273. The van der Waals surface area contributed by atoms with Crippen molar-refractivity contribution in [2.24, 2.45) is 5.16 Å². The Morgan fingerprint density at radius 1 is 1.15 bits per heavy atom. The summed E-state index contributed by atoms with van der Waals surface area (Å²) in [7, 11) is 4.04. The average Bonchev–Trinajstić information content (AvgIpc) is 3.14. The topological polar surface area (TPSA) is 46.8 Å². The van der Waals surface area contributed by atoms with Crippen LogP contribution in [0.4, 0.5) is 5.69 Å². The molecule has 5 heteroatoms. The van der Waals surface area contributed by atoms with Crippen molar-refractivity contribution in [3.63, 3.8) is 0 Å². The molecule has 1 aromatic heterocycles. The number of fused-ring (bicyclic) bond motifs is 1. The zero-order valence-electron chi connectivity index (χ0n) is 15.8. The smallest absolute Gasteiger partial charge is 0.251 e. The van der Waals surface area contributed by atoms with Gasteiger partial charge in [0.25, 0.3) is 5.56 Å². The molecule has 0 aliphatic carbocycles. The zero-order valence-corrected chi connectivity index (χ0v) is 15.8. The molecule has 2 aromatic carbocycles. The quantitative estimate of drug-likeness (QED) is 0.714. The Bertz CT molecular complexity index is 1070. The summed E-state index contributed by atoms with van der Waals surface area (Å²) in [5.74, 6) is 0. The molecule has 0 bridgehead atoms. The van der Waals surface area contributed by atoms with Crippen LogP contribution in [0.5, 0.6) is 0 Å². The number of aryl methyl sites for hydroxylation is 1. The SMILES string of the molecule is Cc1cc(=O)n(C[C@@H]2CC(c3ccc(N(C)C)cc3)=NO2)c2ccccc12. The summed E-state index contributed by atoms with van der Waals surface area (Å²) < 4.78 is 1.79. The Labute approximate surface area is 158 Å². The van der Waals surface area contributed by atoms with Crippen LogP contribution in [0, 0.1) is 6.92 Å². The van der Waals surface area contributed by atoms with E-state index in [1.807, 2.05) is 45.3 Å². The fourth-order valence-electron chi connectivity index (χ4n) is 3.54. The van der Waals surface area contributed by atoms with E-state index >= 15 is 0 Å². The number of hydrogen-bond acceptors (Lipinski definition) is 4. The standard InChI is InChI=1S/C22H23N3O2/c1-15-12-22(26)25(21-7-5-4-6-19(15)21)14-18-13-20(23-27-18)16-8-10-17(11-9-16)24(2)3/h4-12,18H,13-14H2,1-3H3/t18-/m0/s1. The van der Waals surface area contributed by atoms with Gasteiger partial charge in [0.1, 0.15) is 0 Å². The Hall–Kier alpha value is -3.08. The minimum Gasteiger partial charge on any atom is -0.390 e. The predicted octanol–water partition coefficient (Wildman–Crippen LogP) is 3.57. The molecule has 0 radical (unpaired) electrons. The summed E-state index contributed by atoms with van der Waals surface area (Å²) in [6.07, 6.45) is 0.549. The van der Waals surface area contributed by atoms with Crippen molar-refractivity contribution in [1.29, 1.82) is 0 Å². The summed E-state index contributed by atoms with van der Waals surface area (Å²) in [4.78, 5) is 20.3. The largest absolute Gasteiger partial charge is 0.390 e. The van der Waals surface area contributed by atoms with E-state index in [0.29, 0.717) is 13.0 Å². The van der Waals surface area contributed by atoms with Gasteiger partial charge in [-0.2, -0.15) is 0 Å². The Balaban J connectivity index is 1.55. The minimum atomic E-state index is -0.141. The van der Waals surface area contributed by atoms with Gasteiger partial charge in [0, 0.05) is 37.7 Å². The lowest BCUT2D eigenvalue weighted by Gasteiger charge is -2.15. The maximum absolute atomic E-state index is 12.6. The lowest BCUT2D eigenvalue weighted by Crippen LogP contribution is -2.27. The lowest BCUT2D eigenvalue weighted by atomic mass is 10.0. The molecule has 0 unspecified atom stereocenters. The van der Waals surface area contributed by atoms with E-state index in [4.69, 9.17) is 4.84 Å². The van der Waals surface area contributed by atoms with Gasteiger partial charge in [0.2, 0.25) is 0 Å². The van der Waals surface area contributed by atoms with Gasteiger partial charge in [0.15, 0.2) is 6.10 Å². The van der Waals surface area contributed by atoms with Crippen LogP contribution in [-0.2, 0) is 11.4 Å². The van der Waals surface area contributed by atoms with Crippen molar-refractivity contribution >= 4 is 22.3 Å². The van der Waals surface area contributed by atoms with Crippen LogP contribution in [0.3, 0.4) is 0 Å². The van der Waals surface area contributed by atoms with Gasteiger partial charge in [-0.05, 0) is 36.2 Å². The van der Waals surface area contributed by atoms with Gasteiger partial charge >= 0.3 is 0 Å². The van der Waals surface area contributed by atoms with Crippen LogP contribution in [0.1, 0.15) is 17.5 Å². The number of anilines is 1. The van der Waals surface area contributed by atoms with Crippen LogP contribution in [0.15, 0.2) is 64.5 Å². The number of para-hydroxylation sites is 1.